The van der Waals surface area contributed by atoms with E-state index >= 15 is 0 Å². The first-order valence-corrected chi connectivity index (χ1v) is 20.0. The zero-order valence-corrected chi connectivity index (χ0v) is 32.5. The number of piperazine rings is 1. The van der Waals surface area contributed by atoms with Crippen LogP contribution in [0.5, 0.6) is 17.2 Å². The van der Waals surface area contributed by atoms with E-state index in [4.69, 9.17) is 28.1 Å². The van der Waals surface area contributed by atoms with Crippen LogP contribution >= 0.6 is 11.8 Å². The molecular formula is C41H45N3O10S. The normalized spacial score (nSPS) is 35.1. The van der Waals surface area contributed by atoms with Gasteiger partial charge >= 0.3 is 11.9 Å². The number of ether oxygens (including phenoxy) is 5. The Labute approximate surface area is 322 Å². The quantitative estimate of drug-likeness (QED) is 0.239. The van der Waals surface area contributed by atoms with Crippen LogP contribution in [0.3, 0.4) is 0 Å². The summed E-state index contributed by atoms with van der Waals surface area (Å²) in [6.07, 6.45) is 2.41. The van der Waals surface area contributed by atoms with E-state index in [1.165, 1.54) is 18.7 Å². The molecule has 1 aromatic heterocycles. The summed E-state index contributed by atoms with van der Waals surface area (Å²) < 4.78 is 37.3. The number of para-hydroxylation sites is 1. The lowest BCUT2D eigenvalue weighted by Crippen LogP contribution is -2.77. The standard InChI is InChI=1S/C41H45N3O10S/c1-18-13-21-14-24-38(47)44-25-15-50-39(48)41(37-23(11-12-42-41)22-9-7-8-10-26(22)54-37)16-55-34(29(44)35(43(24)5)40(21,4)36(46)30(18)49-6)28-27(25)33-32(51-17-52-33)19(2)31(28)53-20(3)45/h7-10,13,21,24-25,29,34-35,38,42,46-47H,11-12,14-17H2,1-6H3/t21?,24?,25-,29-,34+,35+,38-,40?,41+/m0/s1. The molecule has 0 saturated carbocycles. The molecule has 8 heterocycles. The van der Waals surface area contributed by atoms with Crippen LogP contribution in [0, 0.1) is 18.3 Å². The lowest BCUT2D eigenvalue weighted by atomic mass is 9.56. The van der Waals surface area contributed by atoms with Gasteiger partial charge in [0, 0.05) is 65.0 Å². The Kier molecular flexibility index (Phi) is 7.78. The number of fused-ring (bicyclic) bond motifs is 11. The molecule has 4 bridgehead atoms. The number of furan rings is 1. The summed E-state index contributed by atoms with van der Waals surface area (Å²) in [5, 5.41) is 29.0. The predicted octanol–water partition coefficient (Wildman–Crippen LogP) is 4.90. The smallest absolute Gasteiger partial charge is 0.335 e. The third-order valence-electron chi connectivity index (χ3n) is 13.6. The minimum atomic E-state index is -1.34. The van der Waals surface area contributed by atoms with Gasteiger partial charge in [-0.3, -0.25) is 19.9 Å². The number of esters is 2. The molecular weight excluding hydrogens is 727 g/mol. The maximum Gasteiger partial charge on any atom is 0.335 e. The average Bonchev–Trinajstić information content (AvgIpc) is 3.81. The maximum absolute atomic E-state index is 14.8. The fourth-order valence-corrected chi connectivity index (χ4v) is 12.9. The first kappa shape index (κ1) is 35.2. The first-order chi connectivity index (χ1) is 26.4. The number of allylic oxidation sites excluding steroid dienone is 2. The third kappa shape index (κ3) is 4.51. The number of nitrogens with one attached hydrogen (secondary N) is 1. The third-order valence-corrected chi connectivity index (χ3v) is 15.1. The molecule has 290 valence electrons. The Morgan fingerprint density at radius 1 is 1.13 bits per heavy atom. The van der Waals surface area contributed by atoms with Gasteiger partial charge in [-0.1, -0.05) is 31.2 Å². The fraction of sp³-hybridized carbons (Fsp3) is 0.512. The highest BCUT2D eigenvalue weighted by molar-refractivity contribution is 7.99. The molecule has 1 spiro atoms. The van der Waals surface area contributed by atoms with Gasteiger partial charge in [-0.05, 0) is 51.3 Å². The molecule has 0 amide bonds. The molecule has 3 unspecified atom stereocenters. The average molecular weight is 772 g/mol. The topological polar surface area (TPSA) is 152 Å². The van der Waals surface area contributed by atoms with E-state index in [1.54, 1.807) is 7.11 Å². The van der Waals surface area contributed by atoms with Gasteiger partial charge in [0.1, 0.15) is 35.7 Å². The minimum absolute atomic E-state index is 0.0395. The molecule has 14 heteroatoms. The number of aliphatic hydroxyl groups excluding tert-OH is 2. The first-order valence-electron chi connectivity index (χ1n) is 18.9. The summed E-state index contributed by atoms with van der Waals surface area (Å²) in [4.78, 5) is 32.0. The number of carbonyl (C=O) groups is 2. The van der Waals surface area contributed by atoms with Crippen molar-refractivity contribution in [2.45, 2.75) is 81.7 Å². The van der Waals surface area contributed by atoms with Crippen LogP contribution in [0.1, 0.15) is 66.5 Å². The highest BCUT2D eigenvalue weighted by atomic mass is 32.2. The Hall–Kier alpha value is -4.21. The van der Waals surface area contributed by atoms with Crippen molar-refractivity contribution in [2.75, 3.05) is 39.9 Å². The lowest BCUT2D eigenvalue weighted by Gasteiger charge is -2.67. The van der Waals surface area contributed by atoms with Gasteiger partial charge in [0.25, 0.3) is 0 Å². The number of nitrogens with zero attached hydrogens (tertiary/aromatic N) is 2. The van der Waals surface area contributed by atoms with Crippen molar-refractivity contribution in [2.24, 2.45) is 11.3 Å². The monoisotopic (exact) mass is 771 g/mol. The van der Waals surface area contributed by atoms with Crippen LogP contribution in [0.2, 0.25) is 0 Å². The molecule has 3 N–H and O–H groups in total. The molecule has 13 nitrogen and oxygen atoms in total. The number of hydrogen-bond donors (Lipinski definition) is 3. The summed E-state index contributed by atoms with van der Waals surface area (Å²) in [7, 11) is 3.59. The second-order valence-electron chi connectivity index (χ2n) is 16.2. The van der Waals surface area contributed by atoms with Crippen molar-refractivity contribution in [1.82, 2.24) is 15.1 Å². The number of rotatable bonds is 2. The Morgan fingerprint density at radius 2 is 1.91 bits per heavy atom. The highest BCUT2D eigenvalue weighted by Gasteiger charge is 2.67. The minimum Gasteiger partial charge on any atom is -0.508 e. The number of carbonyl (C=O) groups excluding carboxylic acids is 2. The van der Waals surface area contributed by atoms with Crippen molar-refractivity contribution in [3.05, 3.63) is 75.4 Å². The fourth-order valence-electron chi connectivity index (χ4n) is 11.2. The number of hydrogen-bond acceptors (Lipinski definition) is 14. The largest absolute Gasteiger partial charge is 0.508 e. The molecule has 0 radical (unpaired) electrons. The zero-order chi connectivity index (χ0) is 38.3. The number of benzene rings is 2. The number of likely N-dealkylation sites (N-methyl/N-ethyl adjacent to an activating group) is 1. The molecule has 3 aromatic rings. The van der Waals surface area contributed by atoms with E-state index < -0.39 is 52.5 Å². The van der Waals surface area contributed by atoms with E-state index in [0.717, 1.165) is 22.1 Å². The molecule has 3 fully saturated rings. The van der Waals surface area contributed by atoms with Gasteiger partial charge in [0.05, 0.1) is 23.8 Å². The summed E-state index contributed by atoms with van der Waals surface area (Å²) in [5.74, 6) is 1.55. The van der Waals surface area contributed by atoms with Crippen LogP contribution in [0.15, 0.2) is 51.9 Å². The van der Waals surface area contributed by atoms with Crippen LogP contribution in [-0.4, -0.2) is 96.2 Å². The molecule has 1 aliphatic carbocycles. The highest BCUT2D eigenvalue weighted by Crippen LogP contribution is 2.65. The number of piperidine rings is 1. The van der Waals surface area contributed by atoms with Crippen LogP contribution in [0.4, 0.5) is 0 Å². The Morgan fingerprint density at radius 3 is 2.69 bits per heavy atom. The summed E-state index contributed by atoms with van der Waals surface area (Å²) in [6, 6.07) is 5.83. The van der Waals surface area contributed by atoms with Crippen molar-refractivity contribution in [1.29, 1.82) is 0 Å². The van der Waals surface area contributed by atoms with E-state index in [2.05, 4.69) is 28.1 Å². The van der Waals surface area contributed by atoms with Crippen molar-refractivity contribution < 1.29 is 47.9 Å². The summed E-state index contributed by atoms with van der Waals surface area (Å²) in [5.41, 5.74) is 2.32. The second-order valence-corrected chi connectivity index (χ2v) is 17.3. The predicted molar refractivity (Wildman–Crippen MR) is 201 cm³/mol. The van der Waals surface area contributed by atoms with Crippen LogP contribution in [-0.2, 0) is 31.0 Å². The SMILES string of the molecule is COC1=C(O)C2(C)C(C=C1C)CC1[C@H](O)N3[C@@H]([C@@H]4SC[C@]5(NCCc6c5oc5ccccc65)C(=O)OC[C@H]3c3c5c(c(C)c(OC(C)=O)c34)OCO5)[C@H]2N1C. The van der Waals surface area contributed by atoms with Crippen molar-refractivity contribution >= 4 is 34.7 Å². The van der Waals surface area contributed by atoms with Gasteiger partial charge in [0.2, 0.25) is 6.79 Å². The molecule has 8 aliphatic rings. The Bertz CT molecular complexity index is 2250. The molecule has 7 aliphatic heterocycles. The van der Waals surface area contributed by atoms with E-state index in [0.29, 0.717) is 64.9 Å². The maximum atomic E-state index is 14.8. The van der Waals surface area contributed by atoms with Crippen molar-refractivity contribution in [3.63, 3.8) is 0 Å². The van der Waals surface area contributed by atoms with Gasteiger partial charge in [-0.2, -0.15) is 0 Å². The molecule has 55 heavy (non-hydrogen) atoms. The summed E-state index contributed by atoms with van der Waals surface area (Å²) in [6.45, 7) is 7.60. The van der Waals surface area contributed by atoms with Gasteiger partial charge in [0.15, 0.2) is 22.8 Å². The molecule has 9 atom stereocenters. The zero-order valence-electron chi connectivity index (χ0n) is 31.6. The van der Waals surface area contributed by atoms with Gasteiger partial charge in [-0.15, -0.1) is 11.8 Å². The van der Waals surface area contributed by atoms with E-state index in [9.17, 15) is 19.8 Å². The van der Waals surface area contributed by atoms with Crippen LogP contribution in [0.25, 0.3) is 11.0 Å². The Balaban J connectivity index is 1.24. The number of thioether (sulfide) groups is 1. The van der Waals surface area contributed by atoms with Gasteiger partial charge < -0.3 is 38.3 Å². The van der Waals surface area contributed by atoms with Crippen LogP contribution < -0.4 is 19.5 Å². The molecule has 3 saturated heterocycles. The summed E-state index contributed by atoms with van der Waals surface area (Å²) >= 11 is 1.52. The lowest BCUT2D eigenvalue weighted by molar-refractivity contribution is -0.222. The molecule has 11 rings (SSSR count). The van der Waals surface area contributed by atoms with E-state index in [1.807, 2.05) is 45.2 Å². The van der Waals surface area contributed by atoms with E-state index in [-0.39, 0.29) is 36.9 Å². The van der Waals surface area contributed by atoms with Crippen molar-refractivity contribution in [3.8, 4) is 17.2 Å². The number of aliphatic hydroxyl groups is 2. The number of methoxy groups -OCH3 is 1. The molecule has 2 aromatic carbocycles. The van der Waals surface area contributed by atoms with Gasteiger partial charge in [-0.25, -0.2) is 4.79 Å². The second kappa shape index (κ2) is 12.1.